The molecule has 0 fully saturated rings. The highest BCUT2D eigenvalue weighted by molar-refractivity contribution is 5.19. The van der Waals surface area contributed by atoms with Crippen molar-refractivity contribution in [3.05, 3.63) is 36.5 Å². The first-order chi connectivity index (χ1) is 5.65. The molecule has 12 heavy (non-hydrogen) atoms. The smallest absolute Gasteiger partial charge is 0.00367 e. The molecule has 0 aromatic rings. The summed E-state index contributed by atoms with van der Waals surface area (Å²) in [5, 5.41) is 0. The van der Waals surface area contributed by atoms with E-state index in [0.717, 1.165) is 0 Å². The largest absolute Gasteiger partial charge is 0.103 e. The Labute approximate surface area is 75.7 Å². The van der Waals surface area contributed by atoms with Crippen LogP contribution in [0.2, 0.25) is 0 Å². The van der Waals surface area contributed by atoms with Crippen LogP contribution in [0.15, 0.2) is 36.5 Å². The normalized spacial score (nSPS) is 29.3. The maximum atomic E-state index is 4.02. The van der Waals surface area contributed by atoms with Gasteiger partial charge in [-0.05, 0) is 32.6 Å². The van der Waals surface area contributed by atoms with Crippen LogP contribution < -0.4 is 0 Å². The molecule has 0 saturated carbocycles. The molecule has 0 amide bonds. The molecule has 66 valence electrons. The lowest BCUT2D eigenvalue weighted by Gasteiger charge is -2.27. The van der Waals surface area contributed by atoms with E-state index in [2.05, 4.69) is 39.2 Å². The van der Waals surface area contributed by atoms with Gasteiger partial charge in [0.25, 0.3) is 0 Å². The summed E-state index contributed by atoms with van der Waals surface area (Å²) in [7, 11) is 0. The summed E-state index contributed by atoms with van der Waals surface area (Å²) >= 11 is 0. The van der Waals surface area contributed by atoms with Crippen molar-refractivity contribution in [3.63, 3.8) is 0 Å². The quantitative estimate of drug-likeness (QED) is 0.543. The Balaban J connectivity index is 2.82. The van der Waals surface area contributed by atoms with Gasteiger partial charge in [-0.3, -0.25) is 0 Å². The summed E-state index contributed by atoms with van der Waals surface area (Å²) in [4.78, 5) is 0. The molecule has 0 aliphatic heterocycles. The van der Waals surface area contributed by atoms with E-state index >= 15 is 0 Å². The van der Waals surface area contributed by atoms with E-state index in [4.69, 9.17) is 0 Å². The van der Waals surface area contributed by atoms with Crippen molar-refractivity contribution in [1.82, 2.24) is 0 Å². The van der Waals surface area contributed by atoms with Gasteiger partial charge in [-0.1, -0.05) is 29.9 Å². The lowest BCUT2D eigenvalue weighted by atomic mass is 9.78. The van der Waals surface area contributed by atoms with Gasteiger partial charge in [-0.25, -0.2) is 0 Å². The van der Waals surface area contributed by atoms with Crippen molar-refractivity contribution < 1.29 is 0 Å². The van der Waals surface area contributed by atoms with Gasteiger partial charge >= 0.3 is 0 Å². The van der Waals surface area contributed by atoms with Gasteiger partial charge in [0.05, 0.1) is 0 Å². The minimum atomic E-state index is 0.538. The van der Waals surface area contributed by atoms with Gasteiger partial charge in [0, 0.05) is 5.92 Å². The molecule has 1 rings (SSSR count). The SMILES string of the molecule is C=CC1CCC(C)=CC1C(=C)C. The number of allylic oxidation sites excluding steroid dienone is 4. The third-order valence-corrected chi connectivity index (χ3v) is 2.67. The summed E-state index contributed by atoms with van der Waals surface area (Å²) in [6.45, 7) is 12.2. The van der Waals surface area contributed by atoms with E-state index in [1.807, 2.05) is 0 Å². The van der Waals surface area contributed by atoms with Gasteiger partial charge in [0.15, 0.2) is 0 Å². The van der Waals surface area contributed by atoms with Crippen molar-refractivity contribution in [2.75, 3.05) is 0 Å². The lowest BCUT2D eigenvalue weighted by Crippen LogP contribution is -2.15. The predicted molar refractivity (Wildman–Crippen MR) is 55.0 cm³/mol. The van der Waals surface area contributed by atoms with Crippen molar-refractivity contribution in [2.45, 2.75) is 26.7 Å². The topological polar surface area (TPSA) is 0 Å². The highest BCUT2D eigenvalue weighted by Crippen LogP contribution is 2.33. The second-order valence-corrected chi connectivity index (χ2v) is 3.82. The van der Waals surface area contributed by atoms with E-state index in [1.54, 1.807) is 0 Å². The van der Waals surface area contributed by atoms with E-state index in [-0.39, 0.29) is 0 Å². The zero-order valence-electron chi connectivity index (χ0n) is 8.14. The maximum Gasteiger partial charge on any atom is 0.00367 e. The summed E-state index contributed by atoms with van der Waals surface area (Å²) in [6.07, 6.45) is 6.88. The number of hydrogen-bond donors (Lipinski definition) is 0. The van der Waals surface area contributed by atoms with E-state index < -0.39 is 0 Å². The Morgan fingerprint density at radius 2 is 2.33 bits per heavy atom. The third-order valence-electron chi connectivity index (χ3n) is 2.67. The molecule has 0 aromatic heterocycles. The molecular formula is C12H18. The Morgan fingerprint density at radius 1 is 1.67 bits per heavy atom. The molecule has 0 saturated heterocycles. The Hall–Kier alpha value is -0.780. The van der Waals surface area contributed by atoms with Gasteiger partial charge in [0.2, 0.25) is 0 Å². The van der Waals surface area contributed by atoms with Crippen LogP contribution in [-0.2, 0) is 0 Å². The Bertz CT molecular complexity index is 220. The second-order valence-electron chi connectivity index (χ2n) is 3.82. The van der Waals surface area contributed by atoms with Crippen LogP contribution in [0.4, 0.5) is 0 Å². The first-order valence-corrected chi connectivity index (χ1v) is 4.60. The average molecular weight is 162 g/mol. The highest BCUT2D eigenvalue weighted by atomic mass is 14.3. The van der Waals surface area contributed by atoms with Crippen LogP contribution in [0.5, 0.6) is 0 Å². The molecule has 2 atom stereocenters. The van der Waals surface area contributed by atoms with Crippen LogP contribution in [0.25, 0.3) is 0 Å². The summed E-state index contributed by atoms with van der Waals surface area (Å²) in [5.41, 5.74) is 2.76. The third kappa shape index (κ3) is 1.88. The minimum Gasteiger partial charge on any atom is -0.103 e. The average Bonchev–Trinajstić information content (AvgIpc) is 2.04. The Morgan fingerprint density at radius 3 is 2.83 bits per heavy atom. The van der Waals surface area contributed by atoms with Gasteiger partial charge in [0.1, 0.15) is 0 Å². The van der Waals surface area contributed by atoms with Crippen molar-refractivity contribution in [1.29, 1.82) is 0 Å². The van der Waals surface area contributed by atoms with Crippen LogP contribution in [0, 0.1) is 11.8 Å². The summed E-state index contributed by atoms with van der Waals surface area (Å²) in [5.74, 6) is 1.16. The predicted octanol–water partition coefficient (Wildman–Crippen LogP) is 3.72. The van der Waals surface area contributed by atoms with E-state index in [0.29, 0.717) is 11.8 Å². The highest BCUT2D eigenvalue weighted by Gasteiger charge is 2.20. The minimum absolute atomic E-state index is 0.538. The monoisotopic (exact) mass is 162 g/mol. The van der Waals surface area contributed by atoms with Gasteiger partial charge in [-0.15, -0.1) is 6.58 Å². The lowest BCUT2D eigenvalue weighted by molar-refractivity contribution is 0.468. The molecule has 0 nitrogen and oxygen atoms in total. The van der Waals surface area contributed by atoms with E-state index in [1.165, 1.54) is 24.0 Å². The molecule has 0 spiro atoms. The molecule has 1 aliphatic rings. The van der Waals surface area contributed by atoms with Crippen LogP contribution in [0.1, 0.15) is 26.7 Å². The van der Waals surface area contributed by atoms with Crippen LogP contribution in [-0.4, -0.2) is 0 Å². The summed E-state index contributed by atoms with van der Waals surface area (Å²) in [6, 6.07) is 0. The van der Waals surface area contributed by atoms with E-state index in [9.17, 15) is 0 Å². The maximum absolute atomic E-state index is 4.02. The standard InChI is InChI=1S/C12H18/c1-5-11-7-6-10(4)8-12(11)9(2)3/h5,8,11-12H,1-2,6-7H2,3-4H3. The Kier molecular flexibility index (Phi) is 2.91. The molecule has 0 bridgehead atoms. The number of hydrogen-bond acceptors (Lipinski definition) is 0. The molecular weight excluding hydrogens is 144 g/mol. The fourth-order valence-electron chi connectivity index (χ4n) is 1.86. The molecule has 2 unspecified atom stereocenters. The molecule has 0 heterocycles. The van der Waals surface area contributed by atoms with Crippen molar-refractivity contribution in [3.8, 4) is 0 Å². The number of rotatable bonds is 2. The van der Waals surface area contributed by atoms with Crippen LogP contribution in [0.3, 0.4) is 0 Å². The molecule has 0 radical (unpaired) electrons. The van der Waals surface area contributed by atoms with Crippen molar-refractivity contribution >= 4 is 0 Å². The zero-order chi connectivity index (χ0) is 9.14. The first-order valence-electron chi connectivity index (χ1n) is 4.60. The van der Waals surface area contributed by atoms with Gasteiger partial charge < -0.3 is 0 Å². The zero-order valence-corrected chi connectivity index (χ0v) is 8.14. The van der Waals surface area contributed by atoms with Crippen molar-refractivity contribution in [2.24, 2.45) is 11.8 Å². The fourth-order valence-corrected chi connectivity index (χ4v) is 1.86. The van der Waals surface area contributed by atoms with Crippen LogP contribution >= 0.6 is 0 Å². The molecule has 0 aromatic carbocycles. The van der Waals surface area contributed by atoms with Gasteiger partial charge in [-0.2, -0.15) is 0 Å². The molecule has 1 aliphatic carbocycles. The second kappa shape index (κ2) is 3.75. The summed E-state index contributed by atoms with van der Waals surface area (Å²) < 4.78 is 0. The fraction of sp³-hybridized carbons (Fsp3) is 0.500. The molecule has 0 N–H and O–H groups in total. The first kappa shape index (κ1) is 9.31. The molecule has 0 heteroatoms.